The van der Waals surface area contributed by atoms with Gasteiger partial charge < -0.3 is 0 Å². The van der Waals surface area contributed by atoms with E-state index < -0.39 is 0 Å². The van der Waals surface area contributed by atoms with E-state index in [-0.39, 0.29) is 0 Å². The molecule has 0 saturated heterocycles. The maximum absolute atomic E-state index is 2.46. The molecule has 0 atom stereocenters. The van der Waals surface area contributed by atoms with Gasteiger partial charge in [0.1, 0.15) is 0 Å². The Labute approximate surface area is 241 Å². The van der Waals surface area contributed by atoms with Gasteiger partial charge in [-0.05, 0) is 121 Å². The zero-order valence-corrected chi connectivity index (χ0v) is 22.7. The highest BCUT2D eigenvalue weighted by Crippen LogP contribution is 2.58. The summed E-state index contributed by atoms with van der Waals surface area (Å²) in [5.74, 6) is 0. The van der Waals surface area contributed by atoms with E-state index in [1.807, 2.05) is 0 Å². The van der Waals surface area contributed by atoms with Crippen LogP contribution in [0.25, 0.3) is 108 Å². The molecule has 0 aliphatic carbocycles. The summed E-state index contributed by atoms with van der Waals surface area (Å²) in [7, 11) is 0. The van der Waals surface area contributed by atoms with Crippen LogP contribution in [0.1, 0.15) is 0 Å². The smallest absolute Gasteiger partial charge is 0.000694 e. The summed E-state index contributed by atoms with van der Waals surface area (Å²) in [5.41, 5.74) is 5.28. The number of rotatable bonds is 2. The Morgan fingerprint density at radius 1 is 0.214 bits per heavy atom. The minimum absolute atomic E-state index is 1.29. The summed E-state index contributed by atoms with van der Waals surface area (Å²) >= 11 is 0. The second kappa shape index (κ2) is 7.24. The SMILES string of the molecule is c1ccc(-c2cc3c4ccccc4c3c3c4ccc5c6c(c(-c7ccccc7)cc7c8ccccc8c76)c5c4c23)cc1. The van der Waals surface area contributed by atoms with E-state index in [2.05, 4.69) is 133 Å². The van der Waals surface area contributed by atoms with Crippen molar-refractivity contribution in [3.8, 4) is 22.3 Å². The first-order valence-electron chi connectivity index (χ1n) is 14.8. The zero-order valence-electron chi connectivity index (χ0n) is 22.7. The van der Waals surface area contributed by atoms with Gasteiger partial charge in [-0.1, -0.05) is 121 Å². The van der Waals surface area contributed by atoms with Crippen LogP contribution in [0, 0.1) is 0 Å². The monoisotopic (exact) mass is 526 g/mol. The molecule has 0 fully saturated rings. The summed E-state index contributed by atoms with van der Waals surface area (Å²) in [5, 5.41) is 22.6. The van der Waals surface area contributed by atoms with Crippen molar-refractivity contribution in [1.82, 2.24) is 0 Å². The molecule has 42 heavy (non-hydrogen) atoms. The molecule has 0 nitrogen and oxygen atoms in total. The molecule has 0 spiro atoms. The van der Waals surface area contributed by atoms with Crippen LogP contribution in [0.4, 0.5) is 0 Å². The Morgan fingerprint density at radius 2 is 0.571 bits per heavy atom. The predicted molar refractivity (Wildman–Crippen MR) is 182 cm³/mol. The molecule has 0 aliphatic rings. The lowest BCUT2D eigenvalue weighted by Gasteiger charge is -2.28. The molecule has 0 bridgehead atoms. The van der Waals surface area contributed by atoms with Gasteiger partial charge in [-0.15, -0.1) is 0 Å². The highest BCUT2D eigenvalue weighted by molar-refractivity contribution is 6.54. The van der Waals surface area contributed by atoms with Crippen molar-refractivity contribution in [3.63, 3.8) is 0 Å². The average molecular weight is 527 g/mol. The van der Waals surface area contributed by atoms with Crippen LogP contribution in [0.15, 0.2) is 133 Å². The summed E-state index contributed by atoms with van der Waals surface area (Å²) in [6.07, 6.45) is 0. The lowest BCUT2D eigenvalue weighted by atomic mass is 9.74. The molecule has 0 saturated carbocycles. The maximum atomic E-state index is 2.46. The summed E-state index contributed by atoms with van der Waals surface area (Å²) < 4.78 is 0. The van der Waals surface area contributed by atoms with E-state index in [1.54, 1.807) is 0 Å². The summed E-state index contributed by atoms with van der Waals surface area (Å²) in [4.78, 5) is 0. The van der Waals surface area contributed by atoms with Crippen LogP contribution in [-0.2, 0) is 0 Å². The third-order valence-corrected chi connectivity index (χ3v) is 10.0. The van der Waals surface area contributed by atoms with E-state index >= 15 is 0 Å². The number of benzene rings is 7. The van der Waals surface area contributed by atoms with Crippen molar-refractivity contribution in [2.75, 3.05) is 0 Å². The van der Waals surface area contributed by atoms with Gasteiger partial charge >= 0.3 is 0 Å². The van der Waals surface area contributed by atoms with Crippen LogP contribution >= 0.6 is 0 Å². The van der Waals surface area contributed by atoms with Crippen molar-refractivity contribution in [2.45, 2.75) is 0 Å². The van der Waals surface area contributed by atoms with Crippen LogP contribution < -0.4 is 0 Å². The molecule has 11 aromatic rings. The highest BCUT2D eigenvalue weighted by atomic mass is 14.3. The normalized spacial score (nSPS) is 12.8. The fourth-order valence-corrected chi connectivity index (χ4v) is 8.26. The number of hydrogen-bond donors (Lipinski definition) is 0. The minimum atomic E-state index is 1.29. The lowest BCUT2D eigenvalue weighted by molar-refractivity contribution is 1.67. The number of fused-ring (bicyclic) bond motifs is 19. The largest absolute Gasteiger partial charge is 0.0622 e. The van der Waals surface area contributed by atoms with Gasteiger partial charge in [0.15, 0.2) is 0 Å². The topological polar surface area (TPSA) is 0 Å². The van der Waals surface area contributed by atoms with E-state index in [0.717, 1.165) is 0 Å². The van der Waals surface area contributed by atoms with E-state index in [0.29, 0.717) is 0 Å². The molecule has 0 heterocycles. The van der Waals surface area contributed by atoms with Crippen molar-refractivity contribution in [3.05, 3.63) is 133 Å². The molecule has 11 rings (SSSR count). The Bertz CT molecular complexity index is 2610. The molecule has 0 amide bonds. The second-order valence-electron chi connectivity index (χ2n) is 11.9. The number of hydrogen-bond acceptors (Lipinski definition) is 0. The van der Waals surface area contributed by atoms with Crippen LogP contribution in [0.3, 0.4) is 0 Å². The molecule has 0 N–H and O–H groups in total. The second-order valence-corrected chi connectivity index (χ2v) is 11.9. The molecule has 0 radical (unpaired) electrons. The summed E-state index contributed by atoms with van der Waals surface area (Å²) in [6, 6.07) is 49.5. The van der Waals surface area contributed by atoms with Gasteiger partial charge in [0, 0.05) is 0 Å². The Balaban J connectivity index is 1.36. The predicted octanol–water partition coefficient (Wildman–Crippen LogP) is 12.0. The van der Waals surface area contributed by atoms with E-state index in [9.17, 15) is 0 Å². The van der Waals surface area contributed by atoms with Gasteiger partial charge in [-0.2, -0.15) is 0 Å². The molecule has 0 aliphatic heterocycles. The standard InChI is InChI=1S/C42H22/c1-3-11-23(12-4-1)31-21-33-25-15-7-9-17-27(25)35(33)37-29-19-20-30-38-36-28-18-10-8-16-26(28)34(36)22-32(24-13-5-2-6-14-24)42(38)40(30)39(29)41(31)37/h1-22H. The van der Waals surface area contributed by atoms with Crippen molar-refractivity contribution in [1.29, 1.82) is 0 Å². The van der Waals surface area contributed by atoms with Crippen LogP contribution in [-0.4, -0.2) is 0 Å². The van der Waals surface area contributed by atoms with E-state index in [4.69, 9.17) is 0 Å². The first-order valence-corrected chi connectivity index (χ1v) is 14.8. The first kappa shape index (κ1) is 21.3. The first-order chi connectivity index (χ1) is 20.9. The van der Waals surface area contributed by atoms with Gasteiger partial charge in [-0.3, -0.25) is 0 Å². The van der Waals surface area contributed by atoms with Gasteiger partial charge in [0.05, 0.1) is 0 Å². The van der Waals surface area contributed by atoms with Gasteiger partial charge in [-0.25, -0.2) is 0 Å². The molecule has 0 heteroatoms. The molecule has 0 unspecified atom stereocenters. The fraction of sp³-hybridized carbons (Fsp3) is 0. The van der Waals surface area contributed by atoms with E-state index in [1.165, 1.54) is 108 Å². The molecule has 190 valence electrons. The molecule has 11 aromatic carbocycles. The van der Waals surface area contributed by atoms with Crippen molar-refractivity contribution in [2.24, 2.45) is 0 Å². The minimum Gasteiger partial charge on any atom is -0.0622 e. The fourth-order valence-electron chi connectivity index (χ4n) is 8.26. The van der Waals surface area contributed by atoms with Crippen LogP contribution in [0.2, 0.25) is 0 Å². The van der Waals surface area contributed by atoms with Crippen molar-refractivity contribution < 1.29 is 0 Å². The Hall–Kier alpha value is -5.46. The quantitative estimate of drug-likeness (QED) is 0.210. The third kappa shape index (κ3) is 2.32. The summed E-state index contributed by atoms with van der Waals surface area (Å²) in [6.45, 7) is 0. The zero-order chi connectivity index (χ0) is 27.1. The van der Waals surface area contributed by atoms with Crippen molar-refractivity contribution >= 4 is 86.2 Å². The Morgan fingerprint density at radius 3 is 1.00 bits per heavy atom. The van der Waals surface area contributed by atoms with Crippen LogP contribution in [0.5, 0.6) is 0 Å². The third-order valence-electron chi connectivity index (χ3n) is 10.0. The van der Waals surface area contributed by atoms with Gasteiger partial charge in [0.2, 0.25) is 0 Å². The lowest BCUT2D eigenvalue weighted by Crippen LogP contribution is -2.00. The highest BCUT2D eigenvalue weighted by Gasteiger charge is 2.29. The average Bonchev–Trinajstić information content (AvgIpc) is 3.03. The molecule has 0 aromatic heterocycles. The molecular weight excluding hydrogens is 504 g/mol. The van der Waals surface area contributed by atoms with Gasteiger partial charge in [0.25, 0.3) is 0 Å². The maximum Gasteiger partial charge on any atom is -0.000694 e. The Kier molecular flexibility index (Phi) is 3.67. The molecular formula is C42H22.